The van der Waals surface area contributed by atoms with Gasteiger partial charge in [-0.2, -0.15) is 0 Å². The van der Waals surface area contributed by atoms with Crippen molar-refractivity contribution in [1.82, 2.24) is 0 Å². The highest BCUT2D eigenvalue weighted by molar-refractivity contribution is 4.78. The third-order valence-electron chi connectivity index (χ3n) is 1.52. The summed E-state index contributed by atoms with van der Waals surface area (Å²) >= 11 is 0. The van der Waals surface area contributed by atoms with E-state index in [9.17, 15) is 0 Å². The van der Waals surface area contributed by atoms with Gasteiger partial charge in [-0.15, -0.1) is 0 Å². The van der Waals surface area contributed by atoms with Crippen molar-refractivity contribution in [1.29, 1.82) is 0 Å². The lowest BCUT2D eigenvalue weighted by Gasteiger charge is -2.22. The van der Waals surface area contributed by atoms with Gasteiger partial charge in [-0.25, -0.2) is 9.78 Å². The summed E-state index contributed by atoms with van der Waals surface area (Å²) in [7, 11) is 0. The summed E-state index contributed by atoms with van der Waals surface area (Å²) in [5.41, 5.74) is 0. The molecule has 47 valence electrons. The van der Waals surface area contributed by atoms with Gasteiger partial charge in [-0.05, 0) is 19.3 Å². The van der Waals surface area contributed by atoms with Gasteiger partial charge in [0, 0.05) is 0 Å². The highest BCUT2D eigenvalue weighted by Gasteiger charge is 2.19. The van der Waals surface area contributed by atoms with Gasteiger partial charge in [-0.1, -0.05) is 6.92 Å². The molecule has 1 unspecified atom stereocenters. The minimum atomic E-state index is 0.573. The Kier molecular flexibility index (Phi) is 1.86. The lowest BCUT2D eigenvalue weighted by Crippen LogP contribution is -2.18. The molecule has 0 aromatic rings. The van der Waals surface area contributed by atoms with Crippen molar-refractivity contribution in [3.05, 3.63) is 6.10 Å². The van der Waals surface area contributed by atoms with Crippen LogP contribution in [0.4, 0.5) is 0 Å². The zero-order chi connectivity index (χ0) is 5.98. The zero-order valence-electron chi connectivity index (χ0n) is 5.31. The van der Waals surface area contributed by atoms with E-state index in [2.05, 4.69) is 6.92 Å². The van der Waals surface area contributed by atoms with E-state index in [1.807, 2.05) is 6.92 Å². The van der Waals surface area contributed by atoms with Crippen LogP contribution in [0.1, 0.15) is 20.3 Å². The first-order valence-electron chi connectivity index (χ1n) is 2.93. The maximum absolute atomic E-state index is 4.81. The Morgan fingerprint density at radius 2 is 2.38 bits per heavy atom. The molecule has 0 amide bonds. The molecule has 1 heterocycles. The molecule has 1 fully saturated rings. The lowest BCUT2D eigenvalue weighted by atomic mass is 10.0. The molecule has 1 saturated heterocycles. The first kappa shape index (κ1) is 6.05. The van der Waals surface area contributed by atoms with Crippen LogP contribution in [0.2, 0.25) is 0 Å². The molecule has 0 aromatic heterocycles. The van der Waals surface area contributed by atoms with E-state index in [0.29, 0.717) is 5.92 Å². The van der Waals surface area contributed by atoms with Crippen LogP contribution in [-0.4, -0.2) is 6.61 Å². The highest BCUT2D eigenvalue weighted by atomic mass is 17.2. The second kappa shape index (κ2) is 2.46. The molecule has 2 heteroatoms. The standard InChI is InChI=1S/C6H11O2/c1-5-3-4-7-8-6(5)2/h5H,3-4H2,1-2H3. The van der Waals surface area contributed by atoms with Crippen LogP contribution in [0, 0.1) is 12.0 Å². The Morgan fingerprint density at radius 1 is 1.62 bits per heavy atom. The smallest absolute Gasteiger partial charge is 0.135 e. The van der Waals surface area contributed by atoms with E-state index in [0.717, 1.165) is 19.1 Å². The topological polar surface area (TPSA) is 18.5 Å². The van der Waals surface area contributed by atoms with Gasteiger partial charge in [0.1, 0.15) is 6.10 Å². The Bertz CT molecular complexity index is 62.9. The molecular weight excluding hydrogens is 104 g/mol. The van der Waals surface area contributed by atoms with Gasteiger partial charge in [0.25, 0.3) is 0 Å². The fourth-order valence-corrected chi connectivity index (χ4v) is 0.645. The molecular formula is C6H11O2. The van der Waals surface area contributed by atoms with Crippen molar-refractivity contribution in [3.63, 3.8) is 0 Å². The third-order valence-corrected chi connectivity index (χ3v) is 1.52. The molecule has 1 aliphatic rings. The first-order valence-corrected chi connectivity index (χ1v) is 2.93. The predicted octanol–water partition coefficient (Wildman–Crippen LogP) is 1.53. The SMILES string of the molecule is C[C]1OOCCC1C. The highest BCUT2D eigenvalue weighted by Crippen LogP contribution is 2.22. The molecule has 1 radical (unpaired) electrons. The van der Waals surface area contributed by atoms with Crippen molar-refractivity contribution < 1.29 is 9.78 Å². The van der Waals surface area contributed by atoms with Gasteiger partial charge in [0.15, 0.2) is 0 Å². The van der Waals surface area contributed by atoms with E-state index >= 15 is 0 Å². The van der Waals surface area contributed by atoms with Crippen molar-refractivity contribution in [2.75, 3.05) is 6.61 Å². The minimum absolute atomic E-state index is 0.573. The second-order valence-electron chi connectivity index (χ2n) is 2.21. The van der Waals surface area contributed by atoms with E-state index in [-0.39, 0.29) is 0 Å². The van der Waals surface area contributed by atoms with Crippen molar-refractivity contribution in [3.8, 4) is 0 Å². The Labute approximate surface area is 49.7 Å². The van der Waals surface area contributed by atoms with Crippen molar-refractivity contribution >= 4 is 0 Å². The maximum atomic E-state index is 4.81. The van der Waals surface area contributed by atoms with E-state index in [1.165, 1.54) is 0 Å². The van der Waals surface area contributed by atoms with Crippen LogP contribution in [0.5, 0.6) is 0 Å². The molecule has 1 rings (SSSR count). The van der Waals surface area contributed by atoms with E-state index in [1.54, 1.807) is 0 Å². The number of hydrogen-bond acceptors (Lipinski definition) is 2. The van der Waals surface area contributed by atoms with Gasteiger partial charge in [-0.3, -0.25) is 0 Å². The Balaban J connectivity index is 2.28. The summed E-state index contributed by atoms with van der Waals surface area (Å²) in [6, 6.07) is 0. The Morgan fingerprint density at radius 3 is 2.75 bits per heavy atom. The van der Waals surface area contributed by atoms with Crippen molar-refractivity contribution in [2.24, 2.45) is 5.92 Å². The molecule has 1 atom stereocenters. The predicted molar refractivity (Wildman–Crippen MR) is 29.7 cm³/mol. The first-order chi connectivity index (χ1) is 3.80. The molecule has 0 aliphatic carbocycles. The molecule has 1 aliphatic heterocycles. The summed E-state index contributed by atoms with van der Waals surface area (Å²) in [5, 5.41) is 0. The summed E-state index contributed by atoms with van der Waals surface area (Å²) in [6.07, 6.45) is 2.09. The monoisotopic (exact) mass is 115 g/mol. The third kappa shape index (κ3) is 1.20. The number of rotatable bonds is 0. The van der Waals surface area contributed by atoms with Crippen LogP contribution in [0.3, 0.4) is 0 Å². The molecule has 0 saturated carbocycles. The molecule has 0 bridgehead atoms. The summed E-state index contributed by atoms with van der Waals surface area (Å²) in [4.78, 5) is 9.52. The largest absolute Gasteiger partial charge is 0.236 e. The van der Waals surface area contributed by atoms with Crippen LogP contribution in [-0.2, 0) is 9.78 Å². The summed E-state index contributed by atoms with van der Waals surface area (Å²) < 4.78 is 0. The quantitative estimate of drug-likeness (QED) is 0.446. The molecule has 0 N–H and O–H groups in total. The molecule has 2 nitrogen and oxygen atoms in total. The Hall–Kier alpha value is -0.0800. The van der Waals surface area contributed by atoms with Gasteiger partial charge in [0.2, 0.25) is 0 Å². The van der Waals surface area contributed by atoms with Crippen LogP contribution in [0.25, 0.3) is 0 Å². The van der Waals surface area contributed by atoms with Gasteiger partial charge >= 0.3 is 0 Å². The normalized spacial score (nSPS) is 33.0. The zero-order valence-corrected chi connectivity index (χ0v) is 5.31. The van der Waals surface area contributed by atoms with Gasteiger partial charge in [0.05, 0.1) is 6.61 Å². The molecule has 8 heavy (non-hydrogen) atoms. The second-order valence-corrected chi connectivity index (χ2v) is 2.21. The average Bonchev–Trinajstić information content (AvgIpc) is 1.77. The fourth-order valence-electron chi connectivity index (χ4n) is 0.645. The van der Waals surface area contributed by atoms with Crippen LogP contribution < -0.4 is 0 Å². The van der Waals surface area contributed by atoms with Crippen LogP contribution in [0.15, 0.2) is 0 Å². The average molecular weight is 115 g/mol. The lowest BCUT2D eigenvalue weighted by molar-refractivity contribution is -0.313. The van der Waals surface area contributed by atoms with Crippen molar-refractivity contribution in [2.45, 2.75) is 20.3 Å². The fraction of sp³-hybridized carbons (Fsp3) is 0.833. The molecule has 0 spiro atoms. The van der Waals surface area contributed by atoms with Gasteiger partial charge < -0.3 is 0 Å². The van der Waals surface area contributed by atoms with E-state index < -0.39 is 0 Å². The molecule has 0 aromatic carbocycles. The van der Waals surface area contributed by atoms with Crippen LogP contribution >= 0.6 is 0 Å². The minimum Gasteiger partial charge on any atom is -0.236 e. The number of hydrogen-bond donors (Lipinski definition) is 0. The summed E-state index contributed by atoms with van der Waals surface area (Å²) in [6.45, 7) is 4.82. The van der Waals surface area contributed by atoms with E-state index in [4.69, 9.17) is 9.78 Å². The maximum Gasteiger partial charge on any atom is 0.135 e. The summed E-state index contributed by atoms with van der Waals surface area (Å²) in [5.74, 6) is 0.573.